The average Bonchev–Trinajstić information content (AvgIpc) is 3.18. The van der Waals surface area contributed by atoms with Gasteiger partial charge in [-0.15, -0.1) is 0 Å². The van der Waals surface area contributed by atoms with Crippen LogP contribution in [0.4, 0.5) is 18.9 Å². The van der Waals surface area contributed by atoms with Crippen molar-refractivity contribution in [2.75, 3.05) is 5.32 Å². The molecule has 29 heavy (non-hydrogen) atoms. The number of aromatic nitrogens is 2. The molecule has 2 atom stereocenters. The Labute approximate surface area is 165 Å². The van der Waals surface area contributed by atoms with Gasteiger partial charge >= 0.3 is 0 Å². The first kappa shape index (κ1) is 19.5. The van der Waals surface area contributed by atoms with Crippen LogP contribution in [-0.2, 0) is 22.6 Å². The van der Waals surface area contributed by atoms with E-state index >= 15 is 0 Å². The van der Waals surface area contributed by atoms with Crippen LogP contribution in [-0.4, -0.2) is 27.1 Å². The highest BCUT2D eigenvalue weighted by Crippen LogP contribution is 2.36. The summed E-state index contributed by atoms with van der Waals surface area (Å²) >= 11 is 0. The molecule has 2 aliphatic heterocycles. The number of carbonyl (C=O) groups is 2. The molecule has 1 saturated heterocycles. The molecule has 2 N–H and O–H groups in total. The van der Waals surface area contributed by atoms with Gasteiger partial charge in [0.25, 0.3) is 0 Å². The lowest BCUT2D eigenvalue weighted by Gasteiger charge is -2.24. The fourth-order valence-electron chi connectivity index (χ4n) is 4.17. The van der Waals surface area contributed by atoms with Crippen molar-refractivity contribution >= 4 is 17.5 Å². The summed E-state index contributed by atoms with van der Waals surface area (Å²) in [5, 5.41) is 9.78. The molecule has 2 unspecified atom stereocenters. The van der Waals surface area contributed by atoms with E-state index in [1.54, 1.807) is 10.9 Å². The van der Waals surface area contributed by atoms with E-state index < -0.39 is 29.3 Å². The molecule has 6 nitrogen and oxygen atoms in total. The van der Waals surface area contributed by atoms with E-state index in [0.717, 1.165) is 23.4 Å². The van der Waals surface area contributed by atoms with Crippen molar-refractivity contribution in [3.8, 4) is 0 Å². The molecule has 9 heteroatoms. The summed E-state index contributed by atoms with van der Waals surface area (Å²) in [5.74, 6) is -5.55. The van der Waals surface area contributed by atoms with Crippen LogP contribution in [0.1, 0.15) is 43.9 Å². The Morgan fingerprint density at radius 1 is 1.28 bits per heavy atom. The quantitative estimate of drug-likeness (QED) is 0.770. The number of rotatable bonds is 3. The lowest BCUT2D eigenvalue weighted by molar-refractivity contribution is -0.121. The maximum atomic E-state index is 13.4. The van der Waals surface area contributed by atoms with E-state index in [4.69, 9.17) is 0 Å². The summed E-state index contributed by atoms with van der Waals surface area (Å²) in [6.07, 6.45) is 3.17. The second-order valence-electron chi connectivity index (χ2n) is 8.33. The fourth-order valence-corrected chi connectivity index (χ4v) is 4.17. The topological polar surface area (TPSA) is 76.0 Å². The van der Waals surface area contributed by atoms with E-state index in [1.165, 1.54) is 0 Å². The van der Waals surface area contributed by atoms with Crippen molar-refractivity contribution in [3.63, 3.8) is 0 Å². The molecule has 1 aromatic carbocycles. The highest BCUT2D eigenvalue weighted by Gasteiger charge is 2.41. The summed E-state index contributed by atoms with van der Waals surface area (Å²) in [7, 11) is 0. The number of nitrogens with one attached hydrogen (secondary N) is 2. The van der Waals surface area contributed by atoms with E-state index in [9.17, 15) is 22.8 Å². The van der Waals surface area contributed by atoms with Gasteiger partial charge in [0.1, 0.15) is 0 Å². The third kappa shape index (κ3) is 3.61. The Morgan fingerprint density at radius 2 is 1.97 bits per heavy atom. The van der Waals surface area contributed by atoms with Gasteiger partial charge < -0.3 is 10.6 Å². The molecule has 0 aliphatic carbocycles. The van der Waals surface area contributed by atoms with E-state index in [2.05, 4.69) is 15.7 Å². The van der Waals surface area contributed by atoms with Crippen LogP contribution in [0.15, 0.2) is 18.3 Å². The number of anilines is 1. The van der Waals surface area contributed by atoms with E-state index in [-0.39, 0.29) is 23.1 Å². The van der Waals surface area contributed by atoms with Crippen molar-refractivity contribution in [1.82, 2.24) is 15.1 Å². The lowest BCUT2D eigenvalue weighted by Crippen LogP contribution is -2.34. The predicted octanol–water partition coefficient (Wildman–Crippen LogP) is 2.88. The minimum absolute atomic E-state index is 0.0605. The number of hydrogen-bond donors (Lipinski definition) is 2. The van der Waals surface area contributed by atoms with Crippen LogP contribution in [0.5, 0.6) is 0 Å². The largest absolute Gasteiger partial charge is 0.351 e. The van der Waals surface area contributed by atoms with Gasteiger partial charge in [-0.1, -0.05) is 0 Å². The molecule has 0 saturated carbocycles. The maximum Gasteiger partial charge on any atom is 0.228 e. The monoisotopic (exact) mass is 406 g/mol. The van der Waals surface area contributed by atoms with Gasteiger partial charge in [0, 0.05) is 53.5 Å². The third-order valence-corrected chi connectivity index (χ3v) is 5.60. The Bertz CT molecular complexity index is 979. The van der Waals surface area contributed by atoms with Crippen LogP contribution in [0, 0.1) is 23.4 Å². The van der Waals surface area contributed by atoms with Crippen LogP contribution in [0.3, 0.4) is 0 Å². The van der Waals surface area contributed by atoms with Gasteiger partial charge in [-0.25, -0.2) is 13.2 Å². The lowest BCUT2D eigenvalue weighted by atomic mass is 9.87. The first-order valence-corrected chi connectivity index (χ1v) is 9.46. The van der Waals surface area contributed by atoms with Crippen molar-refractivity contribution in [2.24, 2.45) is 5.92 Å². The van der Waals surface area contributed by atoms with Gasteiger partial charge in [-0.2, -0.15) is 5.10 Å². The summed E-state index contributed by atoms with van der Waals surface area (Å²) in [4.78, 5) is 25.0. The van der Waals surface area contributed by atoms with Gasteiger partial charge in [0.2, 0.25) is 11.8 Å². The number of halogens is 3. The van der Waals surface area contributed by atoms with Crippen LogP contribution in [0.25, 0.3) is 0 Å². The van der Waals surface area contributed by atoms with Crippen LogP contribution in [0.2, 0.25) is 0 Å². The highest BCUT2D eigenvalue weighted by atomic mass is 19.2. The molecule has 2 amide bonds. The number of fused-ring (bicyclic) bond motifs is 1. The summed E-state index contributed by atoms with van der Waals surface area (Å²) < 4.78 is 41.7. The molecular formula is C20H21F3N4O2. The van der Waals surface area contributed by atoms with Gasteiger partial charge in [0.15, 0.2) is 17.5 Å². The molecule has 0 radical (unpaired) electrons. The van der Waals surface area contributed by atoms with Crippen molar-refractivity contribution in [3.05, 3.63) is 47.0 Å². The molecule has 0 spiro atoms. The summed E-state index contributed by atoms with van der Waals surface area (Å²) in [5.41, 5.74) is 1.19. The Morgan fingerprint density at radius 3 is 2.59 bits per heavy atom. The normalized spacial score (nSPS) is 22.9. The molecule has 2 aliphatic rings. The molecule has 4 rings (SSSR count). The smallest absolute Gasteiger partial charge is 0.228 e. The summed E-state index contributed by atoms with van der Waals surface area (Å²) in [6, 6.07) is 1.50. The van der Waals surface area contributed by atoms with Crippen LogP contribution < -0.4 is 10.6 Å². The highest BCUT2D eigenvalue weighted by molar-refractivity contribution is 5.93. The zero-order valence-corrected chi connectivity index (χ0v) is 16.1. The molecule has 154 valence electrons. The van der Waals surface area contributed by atoms with E-state index in [1.807, 2.05) is 13.8 Å². The molecule has 3 heterocycles. The van der Waals surface area contributed by atoms with Gasteiger partial charge in [-0.05, 0) is 26.7 Å². The fraction of sp³-hybridized carbons (Fsp3) is 0.450. The Balaban J connectivity index is 1.52. The Kier molecular flexibility index (Phi) is 4.63. The molecule has 1 fully saturated rings. The average molecular weight is 406 g/mol. The zero-order chi connectivity index (χ0) is 20.9. The van der Waals surface area contributed by atoms with Gasteiger partial charge in [0.05, 0.1) is 12.1 Å². The predicted molar refractivity (Wildman–Crippen MR) is 98.6 cm³/mol. The van der Waals surface area contributed by atoms with Crippen LogP contribution >= 0.6 is 0 Å². The van der Waals surface area contributed by atoms with Crippen molar-refractivity contribution in [2.45, 2.75) is 51.1 Å². The summed E-state index contributed by atoms with van der Waals surface area (Å²) in [6.45, 7) is 4.41. The SMILES string of the molecule is CC1(C)CC(c2cnn3c2CC(C(=O)Nc2cc(F)c(F)c(F)c2)CC3)C(=O)N1. The standard InChI is InChI=1S/C20H21F3N4O2/c1-20(2)8-12(19(29)26-20)13-9-24-27-4-3-10(5-16(13)27)18(28)25-11-6-14(21)17(23)15(22)7-11/h6-7,9-10,12H,3-5,8H2,1-2H3,(H,25,28)(H,26,29). The number of benzene rings is 1. The second kappa shape index (κ2) is 6.89. The molecular weight excluding hydrogens is 385 g/mol. The van der Waals surface area contributed by atoms with Crippen molar-refractivity contribution in [1.29, 1.82) is 0 Å². The second-order valence-corrected chi connectivity index (χ2v) is 8.33. The molecule has 2 aromatic rings. The maximum absolute atomic E-state index is 13.4. The molecule has 0 bridgehead atoms. The van der Waals surface area contributed by atoms with E-state index in [0.29, 0.717) is 25.8 Å². The minimum atomic E-state index is -1.58. The van der Waals surface area contributed by atoms with Gasteiger partial charge in [-0.3, -0.25) is 14.3 Å². The first-order valence-electron chi connectivity index (χ1n) is 9.46. The number of nitrogens with zero attached hydrogens (tertiary/aromatic N) is 2. The molecule has 1 aromatic heterocycles. The number of hydrogen-bond acceptors (Lipinski definition) is 3. The Hall–Kier alpha value is -2.84. The first-order chi connectivity index (χ1) is 13.6. The van der Waals surface area contributed by atoms with Crippen molar-refractivity contribution < 1.29 is 22.8 Å². The number of aryl methyl sites for hydroxylation is 1. The zero-order valence-electron chi connectivity index (χ0n) is 16.1. The number of carbonyl (C=O) groups excluding carboxylic acids is 2. The third-order valence-electron chi connectivity index (χ3n) is 5.60. The minimum Gasteiger partial charge on any atom is -0.351 e. The number of amides is 2.